The normalized spacial score (nSPS) is 35.6. The zero-order valence-corrected chi connectivity index (χ0v) is 14.3. The Morgan fingerprint density at radius 1 is 1.46 bits per heavy atom. The Morgan fingerprint density at radius 3 is 2.92 bits per heavy atom. The average molecular weight is 329 g/mol. The van der Waals surface area contributed by atoms with E-state index in [9.17, 15) is 9.90 Å². The molecule has 5 nitrogen and oxygen atoms in total. The van der Waals surface area contributed by atoms with E-state index in [4.69, 9.17) is 9.47 Å². The number of ether oxygens (including phenoxy) is 2. The van der Waals surface area contributed by atoms with E-state index in [1.165, 1.54) is 6.08 Å². The minimum absolute atomic E-state index is 0.0888. The van der Waals surface area contributed by atoms with Crippen LogP contribution in [0.5, 0.6) is 11.5 Å². The Kier molecular flexibility index (Phi) is 3.31. The monoisotopic (exact) mass is 329 g/mol. The summed E-state index contributed by atoms with van der Waals surface area (Å²) in [5, 5.41) is 15.0. The molecule has 128 valence electrons. The van der Waals surface area contributed by atoms with Crippen LogP contribution in [-0.2, 0) is 16.6 Å². The van der Waals surface area contributed by atoms with Crippen LogP contribution in [0.4, 0.5) is 0 Å². The highest BCUT2D eigenvalue weighted by atomic mass is 16.5. The molecular weight excluding hydrogens is 306 g/mol. The van der Waals surface area contributed by atoms with Gasteiger partial charge in [-0.1, -0.05) is 19.4 Å². The van der Waals surface area contributed by atoms with Gasteiger partial charge < -0.3 is 19.9 Å². The van der Waals surface area contributed by atoms with E-state index in [1.807, 2.05) is 19.2 Å². The van der Waals surface area contributed by atoms with Gasteiger partial charge in [0.05, 0.1) is 12.5 Å². The zero-order chi connectivity index (χ0) is 17.1. The highest BCUT2D eigenvalue weighted by Crippen LogP contribution is 2.61. The molecule has 0 saturated heterocycles. The second kappa shape index (κ2) is 5.07. The molecule has 2 N–H and O–H groups in total. The van der Waals surface area contributed by atoms with Gasteiger partial charge in [-0.3, -0.25) is 4.79 Å². The molecule has 24 heavy (non-hydrogen) atoms. The largest absolute Gasteiger partial charge is 0.493 e. The summed E-state index contributed by atoms with van der Waals surface area (Å²) in [4.78, 5) is 12.7. The van der Waals surface area contributed by atoms with Crippen molar-refractivity contribution in [3.8, 4) is 11.5 Å². The van der Waals surface area contributed by atoms with Crippen molar-refractivity contribution >= 4 is 5.78 Å². The average Bonchev–Trinajstić information content (AvgIpc) is 2.94. The van der Waals surface area contributed by atoms with E-state index in [2.05, 4.69) is 12.2 Å². The van der Waals surface area contributed by atoms with Gasteiger partial charge in [-0.25, -0.2) is 0 Å². The molecule has 1 aliphatic heterocycles. The number of methoxy groups -OCH3 is 1. The molecule has 4 rings (SSSR count). The molecule has 5 heteroatoms. The van der Waals surface area contributed by atoms with Gasteiger partial charge >= 0.3 is 0 Å². The first-order chi connectivity index (χ1) is 11.5. The third-order valence-corrected chi connectivity index (χ3v) is 5.98. The number of likely N-dealkylation sites (N-methyl/N-ethyl adjacent to an activating group) is 1. The lowest BCUT2D eigenvalue weighted by molar-refractivity contribution is -0.135. The molecule has 0 radical (unpaired) electrons. The summed E-state index contributed by atoms with van der Waals surface area (Å²) in [7, 11) is 3.45. The van der Waals surface area contributed by atoms with Crippen LogP contribution in [0.15, 0.2) is 24.3 Å². The van der Waals surface area contributed by atoms with E-state index >= 15 is 0 Å². The first kappa shape index (κ1) is 15.7. The highest BCUT2D eigenvalue weighted by molar-refractivity contribution is 5.98. The quantitative estimate of drug-likeness (QED) is 0.876. The standard InChI is InChI=1S/C19H23NO4/c1-4-8-18-15-11-5-6-13(23-3)16(15)24-17(18)12(21)7-9-19(18,22)14(10-11)20-2/h5-7,9,14,17,20,22H,4,8,10H2,1-3H3/t14?,17?,18-,19?/m0/s1. The lowest BCUT2D eigenvalue weighted by atomic mass is 9.52. The molecule has 0 amide bonds. The van der Waals surface area contributed by atoms with Crippen LogP contribution in [0.3, 0.4) is 0 Å². The van der Waals surface area contributed by atoms with E-state index in [-0.39, 0.29) is 11.8 Å². The summed E-state index contributed by atoms with van der Waals surface area (Å²) >= 11 is 0. The predicted molar refractivity (Wildman–Crippen MR) is 89.6 cm³/mol. The minimum Gasteiger partial charge on any atom is -0.493 e. The first-order valence-electron chi connectivity index (χ1n) is 8.53. The minimum atomic E-state index is -1.17. The highest BCUT2D eigenvalue weighted by Gasteiger charge is 2.69. The Bertz CT molecular complexity index is 743. The van der Waals surface area contributed by atoms with Crippen molar-refractivity contribution in [3.63, 3.8) is 0 Å². The van der Waals surface area contributed by atoms with Crippen molar-refractivity contribution in [3.05, 3.63) is 35.4 Å². The molecule has 0 spiro atoms. The van der Waals surface area contributed by atoms with E-state index in [0.717, 1.165) is 17.5 Å². The second-order valence-electron chi connectivity index (χ2n) is 6.96. The molecule has 3 unspecified atom stereocenters. The maximum atomic E-state index is 12.7. The lowest BCUT2D eigenvalue weighted by Crippen LogP contribution is -2.70. The van der Waals surface area contributed by atoms with Crippen molar-refractivity contribution < 1.29 is 19.4 Å². The third-order valence-electron chi connectivity index (χ3n) is 5.98. The van der Waals surface area contributed by atoms with Gasteiger partial charge in [0.2, 0.25) is 0 Å². The number of nitrogens with one attached hydrogen (secondary N) is 1. The van der Waals surface area contributed by atoms with Crippen LogP contribution in [0.1, 0.15) is 30.9 Å². The van der Waals surface area contributed by atoms with Gasteiger partial charge in [0.1, 0.15) is 5.60 Å². The number of hydrogen-bond donors (Lipinski definition) is 2. The fourth-order valence-electron chi connectivity index (χ4n) is 5.02. The van der Waals surface area contributed by atoms with Crippen LogP contribution in [0, 0.1) is 0 Å². The summed E-state index contributed by atoms with van der Waals surface area (Å²) < 4.78 is 11.6. The van der Waals surface area contributed by atoms with Gasteiger partial charge in [-0.2, -0.15) is 0 Å². The second-order valence-corrected chi connectivity index (χ2v) is 6.96. The smallest absolute Gasteiger partial charge is 0.196 e. The van der Waals surface area contributed by atoms with Crippen molar-refractivity contribution in [1.82, 2.24) is 5.32 Å². The van der Waals surface area contributed by atoms with Crippen molar-refractivity contribution in [2.45, 2.75) is 49.3 Å². The Morgan fingerprint density at radius 2 is 2.25 bits per heavy atom. The molecule has 0 aromatic heterocycles. The maximum Gasteiger partial charge on any atom is 0.196 e. The van der Waals surface area contributed by atoms with Crippen LogP contribution in [-0.4, -0.2) is 42.8 Å². The van der Waals surface area contributed by atoms with E-state index in [0.29, 0.717) is 24.3 Å². The number of rotatable bonds is 4. The molecule has 1 aromatic carbocycles. The van der Waals surface area contributed by atoms with Gasteiger partial charge in [0.25, 0.3) is 0 Å². The number of carbonyl (C=O) groups excluding carboxylic acids is 1. The fraction of sp³-hybridized carbons (Fsp3) is 0.526. The number of aliphatic hydroxyl groups is 1. The predicted octanol–water partition coefficient (Wildman–Crippen LogP) is 1.51. The van der Waals surface area contributed by atoms with Crippen molar-refractivity contribution in [2.24, 2.45) is 0 Å². The SMILES string of the molecule is CCC[C@]12c3c4ccc(OC)c3OC1C(=O)C=CC2(O)C(NC)C4. The Balaban J connectivity index is 2.08. The van der Waals surface area contributed by atoms with Gasteiger partial charge in [-0.05, 0) is 43.7 Å². The van der Waals surface area contributed by atoms with Crippen molar-refractivity contribution in [2.75, 3.05) is 14.2 Å². The van der Waals surface area contributed by atoms with Crippen molar-refractivity contribution in [1.29, 1.82) is 0 Å². The summed E-state index contributed by atoms with van der Waals surface area (Å²) in [6, 6.07) is 3.75. The molecule has 1 aromatic rings. The number of ketones is 1. The molecule has 0 saturated carbocycles. The van der Waals surface area contributed by atoms with Gasteiger partial charge in [0.15, 0.2) is 23.4 Å². The summed E-state index contributed by atoms with van der Waals surface area (Å²) in [6.45, 7) is 2.07. The molecule has 0 fully saturated rings. The third kappa shape index (κ3) is 1.59. The Hall–Kier alpha value is -1.85. The van der Waals surface area contributed by atoms with Gasteiger partial charge in [0, 0.05) is 11.6 Å². The lowest BCUT2D eigenvalue weighted by Gasteiger charge is -2.54. The Labute approximate surface area is 141 Å². The molecule has 2 aliphatic carbocycles. The summed E-state index contributed by atoms with van der Waals surface area (Å²) in [6.07, 6.45) is 4.66. The molecule has 1 heterocycles. The fourth-order valence-corrected chi connectivity index (χ4v) is 5.02. The van der Waals surface area contributed by atoms with Crippen LogP contribution < -0.4 is 14.8 Å². The maximum absolute atomic E-state index is 12.7. The zero-order valence-electron chi connectivity index (χ0n) is 14.3. The molecular formula is C19H23NO4. The molecule has 3 aliphatic rings. The molecule has 4 atom stereocenters. The number of hydrogen-bond acceptors (Lipinski definition) is 5. The van der Waals surface area contributed by atoms with E-state index < -0.39 is 17.1 Å². The van der Waals surface area contributed by atoms with Crippen LogP contribution in [0.2, 0.25) is 0 Å². The summed E-state index contributed by atoms with van der Waals surface area (Å²) in [5.74, 6) is 1.16. The topological polar surface area (TPSA) is 67.8 Å². The molecule has 0 bridgehead atoms. The van der Waals surface area contributed by atoms with Gasteiger partial charge in [-0.15, -0.1) is 0 Å². The van der Waals surface area contributed by atoms with Crippen LogP contribution in [0.25, 0.3) is 0 Å². The first-order valence-corrected chi connectivity index (χ1v) is 8.53. The summed E-state index contributed by atoms with van der Waals surface area (Å²) in [5.41, 5.74) is 0.147. The van der Waals surface area contributed by atoms with E-state index in [1.54, 1.807) is 13.2 Å². The number of benzene rings is 1. The van der Waals surface area contributed by atoms with Crippen LogP contribution >= 0.6 is 0 Å². The number of carbonyl (C=O) groups is 1.